The number of pyridine rings is 1. The largest absolute Gasteiger partial charge is 0.311 e. The molecule has 0 aliphatic heterocycles. The molecular formula is C30H19N3S. The van der Waals surface area contributed by atoms with E-state index in [1.165, 1.54) is 20.2 Å². The third kappa shape index (κ3) is 3.59. The summed E-state index contributed by atoms with van der Waals surface area (Å²) < 4.78 is 2.57. The van der Waals surface area contributed by atoms with Crippen LogP contribution in [-0.4, -0.2) is 4.98 Å². The first kappa shape index (κ1) is 20.2. The molecule has 0 aliphatic rings. The molecule has 4 heteroatoms. The molecule has 0 aliphatic carbocycles. The number of aromatic nitrogens is 1. The van der Waals surface area contributed by atoms with Crippen molar-refractivity contribution in [2.24, 2.45) is 0 Å². The van der Waals surface area contributed by atoms with Gasteiger partial charge in [-0.2, -0.15) is 0 Å². The van der Waals surface area contributed by atoms with Gasteiger partial charge in [0.1, 0.15) is 0 Å². The lowest BCUT2D eigenvalue weighted by molar-refractivity contribution is 1.29. The van der Waals surface area contributed by atoms with Crippen molar-refractivity contribution < 1.29 is 0 Å². The Labute approximate surface area is 202 Å². The Kier molecular flexibility index (Phi) is 5.03. The Morgan fingerprint density at radius 3 is 1.97 bits per heavy atom. The average molecular weight is 454 g/mol. The van der Waals surface area contributed by atoms with E-state index in [1.807, 2.05) is 60.1 Å². The van der Waals surface area contributed by atoms with Crippen LogP contribution in [0.1, 0.15) is 0 Å². The summed E-state index contributed by atoms with van der Waals surface area (Å²) in [6.07, 6.45) is 3.63. The minimum atomic E-state index is 0.635. The van der Waals surface area contributed by atoms with Crippen molar-refractivity contribution in [1.29, 1.82) is 0 Å². The van der Waals surface area contributed by atoms with E-state index in [2.05, 4.69) is 81.5 Å². The number of nitrogens with zero attached hydrogens (tertiary/aromatic N) is 3. The van der Waals surface area contributed by atoms with Crippen LogP contribution in [0.25, 0.3) is 36.1 Å². The Morgan fingerprint density at radius 2 is 1.24 bits per heavy atom. The summed E-state index contributed by atoms with van der Waals surface area (Å²) in [4.78, 5) is 9.93. The number of hydrogen-bond donors (Lipinski definition) is 0. The maximum Gasteiger partial charge on any atom is 0.187 e. The average Bonchev–Trinajstić information content (AvgIpc) is 3.28. The summed E-state index contributed by atoms with van der Waals surface area (Å²) in [6.45, 7) is 7.31. The number of thiophene rings is 1. The minimum Gasteiger partial charge on any atom is -0.311 e. The van der Waals surface area contributed by atoms with E-state index in [4.69, 9.17) is 6.57 Å². The number of benzene rings is 4. The fourth-order valence-corrected chi connectivity index (χ4v) is 5.41. The van der Waals surface area contributed by atoms with Gasteiger partial charge in [0.2, 0.25) is 0 Å². The molecule has 160 valence electrons. The lowest BCUT2D eigenvalue weighted by Gasteiger charge is -2.26. The van der Waals surface area contributed by atoms with Crippen molar-refractivity contribution >= 4 is 54.3 Å². The van der Waals surface area contributed by atoms with Crippen LogP contribution < -0.4 is 4.90 Å². The summed E-state index contributed by atoms with van der Waals surface area (Å²) >= 11 is 1.82. The quantitative estimate of drug-likeness (QED) is 0.248. The van der Waals surface area contributed by atoms with Gasteiger partial charge in [0.15, 0.2) is 5.69 Å². The molecule has 4 aromatic carbocycles. The first-order chi connectivity index (χ1) is 16.8. The zero-order valence-corrected chi connectivity index (χ0v) is 19.0. The molecule has 0 atom stereocenters. The Morgan fingerprint density at radius 1 is 0.618 bits per heavy atom. The molecule has 0 radical (unpaired) electrons. The highest BCUT2D eigenvalue weighted by molar-refractivity contribution is 7.25. The van der Waals surface area contributed by atoms with Crippen molar-refractivity contribution in [2.75, 3.05) is 4.90 Å². The Balaban J connectivity index is 1.50. The first-order valence-electron chi connectivity index (χ1n) is 11.0. The van der Waals surface area contributed by atoms with Crippen molar-refractivity contribution in [3.05, 3.63) is 127 Å². The normalized spacial score (nSPS) is 10.9. The van der Waals surface area contributed by atoms with Crippen molar-refractivity contribution in [1.82, 2.24) is 4.98 Å². The molecule has 0 saturated carbocycles. The van der Waals surface area contributed by atoms with E-state index in [1.54, 1.807) is 0 Å². The summed E-state index contributed by atoms with van der Waals surface area (Å²) in [5.74, 6) is 0. The van der Waals surface area contributed by atoms with Gasteiger partial charge >= 0.3 is 0 Å². The number of hydrogen-bond acceptors (Lipinski definition) is 3. The van der Waals surface area contributed by atoms with Gasteiger partial charge in [-0.25, -0.2) is 4.85 Å². The molecule has 2 heterocycles. The highest BCUT2D eigenvalue weighted by Gasteiger charge is 2.15. The van der Waals surface area contributed by atoms with Crippen molar-refractivity contribution in [3.63, 3.8) is 0 Å². The molecule has 0 fully saturated rings. The second kappa shape index (κ2) is 8.47. The molecule has 0 saturated heterocycles. The van der Waals surface area contributed by atoms with Crippen LogP contribution in [0.2, 0.25) is 0 Å². The van der Waals surface area contributed by atoms with E-state index >= 15 is 0 Å². The van der Waals surface area contributed by atoms with Crippen LogP contribution in [-0.2, 0) is 0 Å². The summed E-state index contributed by atoms with van der Waals surface area (Å²) in [6, 6.07) is 35.6. The van der Waals surface area contributed by atoms with Gasteiger partial charge < -0.3 is 4.90 Å². The van der Waals surface area contributed by atoms with Gasteiger partial charge in [-0.1, -0.05) is 42.5 Å². The van der Waals surface area contributed by atoms with Gasteiger partial charge in [-0.3, -0.25) is 4.98 Å². The third-order valence-corrected chi connectivity index (χ3v) is 7.15. The van der Waals surface area contributed by atoms with E-state index in [9.17, 15) is 0 Å². The molecule has 34 heavy (non-hydrogen) atoms. The van der Waals surface area contributed by atoms with Crippen molar-refractivity contribution in [3.8, 4) is 11.1 Å². The number of fused-ring (bicyclic) bond motifs is 3. The van der Waals surface area contributed by atoms with E-state index in [-0.39, 0.29) is 0 Å². The van der Waals surface area contributed by atoms with Crippen LogP contribution in [0.4, 0.5) is 22.7 Å². The number of rotatable bonds is 4. The molecule has 0 amide bonds. The maximum atomic E-state index is 7.31. The third-order valence-electron chi connectivity index (χ3n) is 5.99. The lowest BCUT2D eigenvalue weighted by Crippen LogP contribution is -2.09. The summed E-state index contributed by atoms with van der Waals surface area (Å²) in [5.41, 5.74) is 6.09. The van der Waals surface area contributed by atoms with Gasteiger partial charge in [0.05, 0.1) is 6.57 Å². The molecule has 3 nitrogen and oxygen atoms in total. The minimum absolute atomic E-state index is 0.635. The fourth-order valence-electron chi connectivity index (χ4n) is 4.32. The molecular weight excluding hydrogens is 434 g/mol. The molecule has 0 N–H and O–H groups in total. The van der Waals surface area contributed by atoms with Gasteiger partial charge in [0, 0.05) is 49.6 Å². The highest BCUT2D eigenvalue weighted by Crippen LogP contribution is 2.41. The van der Waals surface area contributed by atoms with E-state index in [0.717, 1.165) is 28.2 Å². The predicted octanol–water partition coefficient (Wildman–Crippen LogP) is 9.14. The van der Waals surface area contributed by atoms with Gasteiger partial charge in [-0.15, -0.1) is 11.3 Å². The second-order valence-corrected chi connectivity index (χ2v) is 9.11. The van der Waals surface area contributed by atoms with Gasteiger partial charge in [-0.05, 0) is 71.8 Å². The smallest absolute Gasteiger partial charge is 0.187 e. The molecule has 2 aromatic heterocycles. The second-order valence-electron chi connectivity index (χ2n) is 8.03. The predicted molar refractivity (Wildman–Crippen MR) is 144 cm³/mol. The monoisotopic (exact) mass is 453 g/mol. The molecule has 0 spiro atoms. The van der Waals surface area contributed by atoms with Crippen LogP contribution in [0.3, 0.4) is 0 Å². The van der Waals surface area contributed by atoms with Crippen LogP contribution >= 0.6 is 11.3 Å². The molecule has 6 rings (SSSR count). The van der Waals surface area contributed by atoms with Crippen molar-refractivity contribution in [2.45, 2.75) is 0 Å². The zero-order chi connectivity index (χ0) is 22.9. The zero-order valence-electron chi connectivity index (χ0n) is 18.2. The molecule has 6 aromatic rings. The topological polar surface area (TPSA) is 20.5 Å². The van der Waals surface area contributed by atoms with Crippen LogP contribution in [0.15, 0.2) is 116 Å². The molecule has 0 bridgehead atoms. The van der Waals surface area contributed by atoms with E-state index in [0.29, 0.717) is 5.69 Å². The highest BCUT2D eigenvalue weighted by atomic mass is 32.1. The van der Waals surface area contributed by atoms with Crippen LogP contribution in [0, 0.1) is 6.57 Å². The molecule has 0 unspecified atom stereocenters. The summed E-state index contributed by atoms with van der Waals surface area (Å²) in [7, 11) is 0. The summed E-state index contributed by atoms with van der Waals surface area (Å²) in [5, 5.41) is 2.54. The van der Waals surface area contributed by atoms with Gasteiger partial charge in [0.25, 0.3) is 0 Å². The van der Waals surface area contributed by atoms with Crippen LogP contribution in [0.5, 0.6) is 0 Å². The lowest BCUT2D eigenvalue weighted by atomic mass is 10.1. The van der Waals surface area contributed by atoms with E-state index < -0.39 is 0 Å². The SMILES string of the molecule is [C-]#[N+]c1ccc(N(c2ccc(-c3ccncc3)cc2)c2ccc3sc4ccccc4c3c2)cc1. The Hall–Kier alpha value is -4.46. The first-order valence-corrected chi connectivity index (χ1v) is 11.8. The maximum absolute atomic E-state index is 7.31. The standard InChI is InChI=1S/C30H19N3S/c1-31-23-8-12-25(13-9-23)33(24-10-6-21(7-11-24)22-16-18-32-19-17-22)26-14-15-30-28(20-26)27-4-2-3-5-29(27)34-30/h2-20H. The fraction of sp³-hybridized carbons (Fsp3) is 0. The number of anilines is 3. The Bertz CT molecular complexity index is 1640.